The number of nitrogens with zero attached hydrogens (tertiary/aromatic N) is 3. The van der Waals surface area contributed by atoms with Gasteiger partial charge in [0.2, 0.25) is 0 Å². The molecule has 0 radical (unpaired) electrons. The summed E-state index contributed by atoms with van der Waals surface area (Å²) < 4.78 is 5.54. The van der Waals surface area contributed by atoms with Crippen molar-refractivity contribution in [1.29, 1.82) is 0 Å². The van der Waals surface area contributed by atoms with Crippen LogP contribution in [0.1, 0.15) is 43.5 Å². The highest BCUT2D eigenvalue weighted by Gasteiger charge is 2.23. The topological polar surface area (TPSA) is 52.1 Å². The molecule has 1 atom stereocenters. The number of ether oxygens (including phenoxy) is 1. The van der Waals surface area contributed by atoms with Crippen LogP contribution in [0.3, 0.4) is 0 Å². The van der Waals surface area contributed by atoms with E-state index in [1.54, 1.807) is 0 Å². The summed E-state index contributed by atoms with van der Waals surface area (Å²) in [4.78, 5) is 11.0. The monoisotopic (exact) mass is 549 g/mol. The van der Waals surface area contributed by atoms with E-state index < -0.39 is 0 Å². The Morgan fingerprint density at radius 2 is 1.97 bits per heavy atom. The lowest BCUT2D eigenvalue weighted by Crippen LogP contribution is -2.46. The van der Waals surface area contributed by atoms with E-state index in [9.17, 15) is 0 Å². The number of hydrogen-bond acceptors (Lipinski definition) is 5. The van der Waals surface area contributed by atoms with Crippen LogP contribution < -0.4 is 10.6 Å². The first-order valence-corrected chi connectivity index (χ1v) is 12.2. The van der Waals surface area contributed by atoms with Crippen molar-refractivity contribution >= 4 is 41.3 Å². The molecule has 30 heavy (non-hydrogen) atoms. The summed E-state index contributed by atoms with van der Waals surface area (Å²) in [6.45, 7) is 11.6. The molecule has 0 spiro atoms. The summed E-state index contributed by atoms with van der Waals surface area (Å²) in [7, 11) is 1.86. The number of halogens is 1. The largest absolute Gasteiger partial charge is 0.379 e. The van der Waals surface area contributed by atoms with Crippen molar-refractivity contribution in [2.45, 2.75) is 38.6 Å². The Balaban J connectivity index is 0.00000320. The van der Waals surface area contributed by atoms with Crippen molar-refractivity contribution in [3.05, 3.63) is 22.4 Å². The maximum absolute atomic E-state index is 5.54. The van der Waals surface area contributed by atoms with Crippen LogP contribution in [0.25, 0.3) is 0 Å². The van der Waals surface area contributed by atoms with Crippen molar-refractivity contribution in [1.82, 2.24) is 20.4 Å². The normalized spacial score (nSPS) is 20.5. The molecule has 0 saturated carbocycles. The molecule has 2 fully saturated rings. The Kier molecular flexibility index (Phi) is 12.6. The van der Waals surface area contributed by atoms with Gasteiger partial charge in [0, 0.05) is 38.1 Å². The summed E-state index contributed by atoms with van der Waals surface area (Å²) in [6, 6.07) is 4.76. The average molecular weight is 550 g/mol. The van der Waals surface area contributed by atoms with Gasteiger partial charge >= 0.3 is 0 Å². The zero-order valence-electron chi connectivity index (χ0n) is 18.6. The third kappa shape index (κ3) is 8.61. The minimum atomic E-state index is 0. The van der Waals surface area contributed by atoms with Crippen LogP contribution in [-0.2, 0) is 4.74 Å². The highest BCUT2D eigenvalue weighted by Crippen LogP contribution is 2.25. The summed E-state index contributed by atoms with van der Waals surface area (Å²) in [5.74, 6) is 1.82. The molecule has 2 saturated heterocycles. The molecule has 2 aliphatic heterocycles. The van der Waals surface area contributed by atoms with E-state index >= 15 is 0 Å². The lowest BCUT2D eigenvalue weighted by Gasteiger charge is -2.34. The van der Waals surface area contributed by atoms with E-state index in [2.05, 4.69) is 49.9 Å². The SMILES string of the molecule is CN=C(NCCCCN1CCC(C)CC1)NCC(c1cccs1)N1CCOCC1.I. The van der Waals surface area contributed by atoms with E-state index in [0.29, 0.717) is 6.04 Å². The second-order valence-electron chi connectivity index (χ2n) is 8.29. The molecule has 1 aromatic heterocycles. The van der Waals surface area contributed by atoms with Gasteiger partial charge in [0.25, 0.3) is 0 Å². The van der Waals surface area contributed by atoms with Crippen molar-refractivity contribution in [3.8, 4) is 0 Å². The Morgan fingerprint density at radius 1 is 1.20 bits per heavy atom. The summed E-state index contributed by atoms with van der Waals surface area (Å²) in [6.07, 6.45) is 5.17. The van der Waals surface area contributed by atoms with Crippen LogP contribution in [0, 0.1) is 5.92 Å². The lowest BCUT2D eigenvalue weighted by molar-refractivity contribution is 0.0177. The summed E-state index contributed by atoms with van der Waals surface area (Å²) in [5, 5.41) is 9.22. The van der Waals surface area contributed by atoms with Gasteiger partial charge in [0.05, 0.1) is 19.3 Å². The molecule has 0 bridgehead atoms. The third-order valence-corrected chi connectivity index (χ3v) is 7.09. The van der Waals surface area contributed by atoms with E-state index in [4.69, 9.17) is 4.74 Å². The van der Waals surface area contributed by atoms with Crippen LogP contribution in [0.4, 0.5) is 0 Å². The number of aliphatic imine (C=N–C) groups is 1. The van der Waals surface area contributed by atoms with Crippen LogP contribution >= 0.6 is 35.3 Å². The smallest absolute Gasteiger partial charge is 0.191 e. The fourth-order valence-corrected chi connectivity index (χ4v) is 5.01. The van der Waals surface area contributed by atoms with Gasteiger partial charge in [0.15, 0.2) is 5.96 Å². The number of piperidine rings is 1. The number of rotatable bonds is 9. The molecule has 0 aromatic carbocycles. The molecular formula is C22H40IN5OS. The van der Waals surface area contributed by atoms with Crippen molar-refractivity contribution in [2.75, 3.05) is 66.1 Å². The van der Waals surface area contributed by atoms with Crippen molar-refractivity contribution in [2.24, 2.45) is 10.9 Å². The highest BCUT2D eigenvalue weighted by molar-refractivity contribution is 14.0. The van der Waals surface area contributed by atoms with Gasteiger partial charge in [-0.15, -0.1) is 35.3 Å². The maximum atomic E-state index is 5.54. The van der Waals surface area contributed by atoms with Crippen molar-refractivity contribution in [3.63, 3.8) is 0 Å². The van der Waals surface area contributed by atoms with Crippen LogP contribution in [0.5, 0.6) is 0 Å². The Labute approximate surface area is 203 Å². The lowest BCUT2D eigenvalue weighted by atomic mass is 9.99. The van der Waals surface area contributed by atoms with E-state index in [0.717, 1.165) is 51.3 Å². The molecule has 0 aliphatic carbocycles. The molecule has 3 heterocycles. The van der Waals surface area contributed by atoms with Crippen LogP contribution in [0.15, 0.2) is 22.5 Å². The molecular weight excluding hydrogens is 509 g/mol. The number of nitrogens with one attached hydrogen (secondary N) is 2. The minimum absolute atomic E-state index is 0. The second-order valence-corrected chi connectivity index (χ2v) is 9.27. The molecule has 6 nitrogen and oxygen atoms in total. The van der Waals surface area contributed by atoms with Gasteiger partial charge in [0.1, 0.15) is 0 Å². The van der Waals surface area contributed by atoms with Crippen LogP contribution in [-0.4, -0.2) is 81.8 Å². The number of hydrogen-bond donors (Lipinski definition) is 2. The first kappa shape index (κ1) is 25.8. The minimum Gasteiger partial charge on any atom is -0.379 e. The fraction of sp³-hybridized carbons (Fsp3) is 0.773. The summed E-state index contributed by atoms with van der Waals surface area (Å²) >= 11 is 1.83. The number of unbranched alkanes of at least 4 members (excludes halogenated alkanes) is 1. The molecule has 3 rings (SSSR count). The van der Waals surface area contributed by atoms with Gasteiger partial charge in [-0.2, -0.15) is 0 Å². The molecule has 2 N–H and O–H groups in total. The predicted octanol–water partition coefficient (Wildman–Crippen LogP) is 3.42. The number of morpholine rings is 1. The second kappa shape index (κ2) is 14.6. The molecule has 172 valence electrons. The Bertz CT molecular complexity index is 586. The summed E-state index contributed by atoms with van der Waals surface area (Å²) in [5.41, 5.74) is 0. The molecule has 8 heteroatoms. The van der Waals surface area contributed by atoms with Gasteiger partial charge in [-0.05, 0) is 62.7 Å². The molecule has 0 amide bonds. The average Bonchev–Trinajstić information content (AvgIpc) is 3.29. The van der Waals surface area contributed by atoms with E-state index in [-0.39, 0.29) is 24.0 Å². The fourth-order valence-electron chi connectivity index (χ4n) is 4.15. The van der Waals surface area contributed by atoms with E-state index in [1.807, 2.05) is 18.4 Å². The molecule has 1 unspecified atom stereocenters. The number of thiophene rings is 1. The maximum Gasteiger partial charge on any atom is 0.191 e. The molecule has 1 aromatic rings. The zero-order chi connectivity index (χ0) is 20.3. The van der Waals surface area contributed by atoms with Gasteiger partial charge in [-0.1, -0.05) is 13.0 Å². The first-order valence-electron chi connectivity index (χ1n) is 11.3. The first-order chi connectivity index (χ1) is 14.3. The quantitative estimate of drug-likeness (QED) is 0.214. The number of guanidine groups is 1. The van der Waals surface area contributed by atoms with Gasteiger partial charge in [-0.3, -0.25) is 9.89 Å². The standard InChI is InChI=1S/C22H39N5OS.HI/c1-19-7-11-26(12-8-19)10-4-3-9-24-22(23-2)25-18-20(21-6-5-17-29-21)27-13-15-28-16-14-27;/h5-6,17,19-20H,3-4,7-16,18H2,1-2H3,(H2,23,24,25);1H. The Morgan fingerprint density at radius 3 is 2.63 bits per heavy atom. The number of likely N-dealkylation sites (tertiary alicyclic amines) is 1. The molecule has 2 aliphatic rings. The van der Waals surface area contributed by atoms with E-state index in [1.165, 1.54) is 50.2 Å². The van der Waals surface area contributed by atoms with Crippen LogP contribution in [0.2, 0.25) is 0 Å². The highest BCUT2D eigenvalue weighted by atomic mass is 127. The third-order valence-electron chi connectivity index (χ3n) is 6.11. The van der Waals surface area contributed by atoms with Crippen molar-refractivity contribution < 1.29 is 4.74 Å². The Hall–Kier alpha value is -0.420. The predicted molar refractivity (Wildman–Crippen MR) is 138 cm³/mol. The van der Waals surface area contributed by atoms with Gasteiger partial charge < -0.3 is 20.3 Å². The van der Waals surface area contributed by atoms with Gasteiger partial charge in [-0.25, -0.2) is 0 Å². The zero-order valence-corrected chi connectivity index (χ0v) is 21.8.